The van der Waals surface area contributed by atoms with Crippen LogP contribution in [-0.4, -0.2) is 27.4 Å². The Bertz CT molecular complexity index is 764. The van der Waals surface area contributed by atoms with Crippen LogP contribution in [0.15, 0.2) is 40.1 Å². The number of nitrogens with zero attached hydrogens (tertiary/aromatic N) is 2. The molecule has 0 spiro atoms. The lowest BCUT2D eigenvalue weighted by molar-refractivity contribution is 0.0207. The maximum absolute atomic E-state index is 12.2. The van der Waals surface area contributed by atoms with E-state index in [4.69, 9.17) is 4.74 Å². The largest absolute Gasteiger partial charge is 0.389 e. The Kier molecular flexibility index (Phi) is 4.45. The number of aliphatic hydroxyl groups is 1. The highest BCUT2D eigenvalue weighted by molar-refractivity contribution is 7.16. The van der Waals surface area contributed by atoms with Crippen molar-refractivity contribution in [2.45, 2.75) is 19.3 Å². The summed E-state index contributed by atoms with van der Waals surface area (Å²) in [6, 6.07) is 5.70. The Morgan fingerprint density at radius 1 is 1.33 bits per heavy atom. The fourth-order valence-corrected chi connectivity index (χ4v) is 3.36. The molecule has 0 radical (unpaired) electrons. The van der Waals surface area contributed by atoms with E-state index in [1.165, 1.54) is 22.2 Å². The molecule has 110 valence electrons. The molecule has 21 heavy (non-hydrogen) atoms. The summed E-state index contributed by atoms with van der Waals surface area (Å²) in [6.07, 6.45) is 0.740. The van der Waals surface area contributed by atoms with Gasteiger partial charge in [-0.3, -0.25) is 9.36 Å². The third kappa shape index (κ3) is 3.38. The lowest BCUT2D eigenvalue weighted by Crippen LogP contribution is -2.29. The SMILES string of the molecule is O=c1c2ccsc2ncn1CC(O)COCc1cccs1. The Balaban J connectivity index is 1.59. The molecule has 0 amide bonds. The van der Waals surface area contributed by atoms with Gasteiger partial charge in [-0.1, -0.05) is 6.07 Å². The topological polar surface area (TPSA) is 64.4 Å². The van der Waals surface area contributed by atoms with Crippen LogP contribution in [0.5, 0.6) is 0 Å². The molecule has 0 aliphatic carbocycles. The van der Waals surface area contributed by atoms with Crippen molar-refractivity contribution in [3.8, 4) is 0 Å². The van der Waals surface area contributed by atoms with E-state index < -0.39 is 6.10 Å². The number of hydrogen-bond donors (Lipinski definition) is 1. The molecule has 3 aromatic heterocycles. The molecule has 0 aliphatic heterocycles. The maximum Gasteiger partial charge on any atom is 0.262 e. The van der Waals surface area contributed by atoms with Crippen LogP contribution in [0.1, 0.15) is 4.88 Å². The van der Waals surface area contributed by atoms with E-state index in [9.17, 15) is 9.90 Å². The van der Waals surface area contributed by atoms with E-state index in [2.05, 4.69) is 4.98 Å². The zero-order valence-corrected chi connectivity index (χ0v) is 12.8. The molecular formula is C14H14N2O3S2. The van der Waals surface area contributed by atoms with E-state index in [0.29, 0.717) is 12.0 Å². The molecular weight excluding hydrogens is 308 g/mol. The van der Waals surface area contributed by atoms with Crippen molar-refractivity contribution < 1.29 is 9.84 Å². The molecule has 3 heterocycles. The van der Waals surface area contributed by atoms with Gasteiger partial charge in [0.05, 0.1) is 37.6 Å². The minimum Gasteiger partial charge on any atom is -0.389 e. The number of thiophene rings is 2. The smallest absolute Gasteiger partial charge is 0.262 e. The summed E-state index contributed by atoms with van der Waals surface area (Å²) in [5.74, 6) is 0. The van der Waals surface area contributed by atoms with Crippen LogP contribution in [0.3, 0.4) is 0 Å². The van der Waals surface area contributed by atoms with Gasteiger partial charge < -0.3 is 9.84 Å². The maximum atomic E-state index is 12.2. The second-order valence-corrected chi connectivity index (χ2v) is 6.52. The first kappa shape index (κ1) is 14.4. The summed E-state index contributed by atoms with van der Waals surface area (Å²) < 4.78 is 6.88. The molecule has 5 nitrogen and oxygen atoms in total. The molecule has 0 aliphatic rings. The molecule has 1 unspecified atom stereocenters. The highest BCUT2D eigenvalue weighted by Crippen LogP contribution is 2.13. The van der Waals surface area contributed by atoms with Crippen molar-refractivity contribution in [2.24, 2.45) is 0 Å². The van der Waals surface area contributed by atoms with E-state index in [1.807, 2.05) is 22.9 Å². The summed E-state index contributed by atoms with van der Waals surface area (Å²) in [6.45, 7) is 0.847. The number of rotatable bonds is 6. The standard InChI is InChI=1S/C14H14N2O3S2/c17-10(7-19-8-11-2-1-4-20-11)6-16-9-15-13-12(14(16)18)3-5-21-13/h1-5,9-10,17H,6-8H2. The van der Waals surface area contributed by atoms with Gasteiger partial charge in [-0.15, -0.1) is 22.7 Å². The Labute approximate surface area is 129 Å². The molecule has 0 bridgehead atoms. The second kappa shape index (κ2) is 6.48. The van der Waals surface area contributed by atoms with Crippen molar-refractivity contribution in [3.63, 3.8) is 0 Å². The lowest BCUT2D eigenvalue weighted by Gasteiger charge is -2.12. The fourth-order valence-electron chi connectivity index (χ4n) is 1.99. The van der Waals surface area contributed by atoms with Gasteiger partial charge in [-0.05, 0) is 22.9 Å². The van der Waals surface area contributed by atoms with Crippen LogP contribution >= 0.6 is 22.7 Å². The van der Waals surface area contributed by atoms with E-state index in [0.717, 1.165) is 9.71 Å². The highest BCUT2D eigenvalue weighted by atomic mass is 32.1. The first-order valence-electron chi connectivity index (χ1n) is 6.45. The summed E-state index contributed by atoms with van der Waals surface area (Å²) in [5, 5.41) is 14.4. The molecule has 0 aromatic carbocycles. The van der Waals surface area contributed by atoms with Crippen LogP contribution in [0, 0.1) is 0 Å². The highest BCUT2D eigenvalue weighted by Gasteiger charge is 2.10. The molecule has 0 saturated carbocycles. The van der Waals surface area contributed by atoms with Crippen LogP contribution in [0.2, 0.25) is 0 Å². The van der Waals surface area contributed by atoms with Crippen molar-refractivity contribution in [2.75, 3.05) is 6.61 Å². The number of hydrogen-bond acceptors (Lipinski definition) is 6. The zero-order valence-electron chi connectivity index (χ0n) is 11.1. The molecule has 0 saturated heterocycles. The fraction of sp³-hybridized carbons (Fsp3) is 0.286. The van der Waals surface area contributed by atoms with E-state index >= 15 is 0 Å². The molecule has 7 heteroatoms. The van der Waals surface area contributed by atoms with Crippen LogP contribution in [0.4, 0.5) is 0 Å². The zero-order chi connectivity index (χ0) is 14.7. The van der Waals surface area contributed by atoms with Crippen molar-refractivity contribution in [1.82, 2.24) is 9.55 Å². The molecule has 3 rings (SSSR count). The molecule has 0 fully saturated rings. The van der Waals surface area contributed by atoms with Crippen LogP contribution < -0.4 is 5.56 Å². The van der Waals surface area contributed by atoms with Crippen molar-refractivity contribution in [1.29, 1.82) is 0 Å². The minimum absolute atomic E-state index is 0.126. The third-order valence-electron chi connectivity index (χ3n) is 2.99. The summed E-state index contributed by atoms with van der Waals surface area (Å²) in [5.41, 5.74) is -0.126. The number of aromatic nitrogens is 2. The van der Waals surface area contributed by atoms with Gasteiger partial charge in [0.2, 0.25) is 0 Å². The molecule has 1 N–H and O–H groups in total. The van der Waals surface area contributed by atoms with E-state index in [1.54, 1.807) is 17.4 Å². The first-order valence-corrected chi connectivity index (χ1v) is 8.21. The summed E-state index contributed by atoms with van der Waals surface area (Å²) >= 11 is 3.04. The predicted octanol–water partition coefficient (Wildman–Crippen LogP) is 2.10. The average Bonchev–Trinajstić information content (AvgIpc) is 3.13. The van der Waals surface area contributed by atoms with Crippen molar-refractivity contribution >= 4 is 32.9 Å². The Hall–Kier alpha value is -1.54. The third-order valence-corrected chi connectivity index (χ3v) is 4.66. The first-order chi connectivity index (χ1) is 10.2. The van der Waals surface area contributed by atoms with Gasteiger partial charge in [-0.25, -0.2) is 4.98 Å². The van der Waals surface area contributed by atoms with Gasteiger partial charge in [0.1, 0.15) is 4.83 Å². The predicted molar refractivity (Wildman–Crippen MR) is 83.9 cm³/mol. The van der Waals surface area contributed by atoms with Crippen LogP contribution in [0.25, 0.3) is 10.2 Å². The lowest BCUT2D eigenvalue weighted by atomic mass is 10.3. The van der Waals surface area contributed by atoms with Crippen molar-refractivity contribution in [3.05, 3.63) is 50.5 Å². The Morgan fingerprint density at radius 3 is 3.05 bits per heavy atom. The normalized spacial score (nSPS) is 12.8. The van der Waals surface area contributed by atoms with Gasteiger partial charge in [0.25, 0.3) is 5.56 Å². The average molecular weight is 322 g/mol. The van der Waals surface area contributed by atoms with Crippen LogP contribution in [-0.2, 0) is 17.9 Å². The number of aliphatic hydroxyl groups excluding tert-OH is 1. The number of fused-ring (bicyclic) bond motifs is 1. The van der Waals surface area contributed by atoms with E-state index in [-0.39, 0.29) is 18.7 Å². The molecule has 1 atom stereocenters. The van der Waals surface area contributed by atoms with Gasteiger partial charge in [0, 0.05) is 4.88 Å². The monoisotopic (exact) mass is 322 g/mol. The van der Waals surface area contributed by atoms with Gasteiger partial charge in [0.15, 0.2) is 0 Å². The Morgan fingerprint density at radius 2 is 2.24 bits per heavy atom. The molecule has 3 aromatic rings. The summed E-state index contributed by atoms with van der Waals surface area (Å²) in [7, 11) is 0. The minimum atomic E-state index is -0.736. The quantitative estimate of drug-likeness (QED) is 0.755. The van der Waals surface area contributed by atoms with Gasteiger partial charge in [-0.2, -0.15) is 0 Å². The number of ether oxygens (including phenoxy) is 1. The second-order valence-electron chi connectivity index (χ2n) is 4.59. The van der Waals surface area contributed by atoms with Gasteiger partial charge >= 0.3 is 0 Å². The summed E-state index contributed by atoms with van der Waals surface area (Å²) in [4.78, 5) is 18.2.